The lowest BCUT2D eigenvalue weighted by Gasteiger charge is -2.16. The molecule has 0 saturated carbocycles. The SMILES string of the molecule is CC(C)c1ncc(NC(CO)CO)c(C(=O)O)n1. The minimum Gasteiger partial charge on any atom is -0.476 e. The van der Waals surface area contributed by atoms with Gasteiger partial charge in [0.1, 0.15) is 5.82 Å². The largest absolute Gasteiger partial charge is 0.476 e. The number of carbonyl (C=O) groups is 1. The fraction of sp³-hybridized carbons (Fsp3) is 0.545. The van der Waals surface area contributed by atoms with Gasteiger partial charge in [0.05, 0.1) is 31.1 Å². The molecule has 4 N–H and O–H groups in total. The van der Waals surface area contributed by atoms with Crippen LogP contribution in [0.15, 0.2) is 6.20 Å². The lowest BCUT2D eigenvalue weighted by atomic mass is 10.2. The van der Waals surface area contributed by atoms with Crippen molar-refractivity contribution in [1.82, 2.24) is 9.97 Å². The topological polar surface area (TPSA) is 116 Å². The molecule has 100 valence electrons. The summed E-state index contributed by atoms with van der Waals surface area (Å²) in [5.41, 5.74) is 0.0144. The predicted octanol–water partition coefficient (Wildman–Crippen LogP) is 0.0633. The van der Waals surface area contributed by atoms with E-state index in [0.717, 1.165) is 0 Å². The van der Waals surface area contributed by atoms with Crippen molar-refractivity contribution in [2.45, 2.75) is 25.8 Å². The van der Waals surface area contributed by atoms with Crippen molar-refractivity contribution in [3.8, 4) is 0 Å². The Morgan fingerprint density at radius 2 is 2.00 bits per heavy atom. The van der Waals surface area contributed by atoms with Crippen molar-refractivity contribution >= 4 is 11.7 Å². The van der Waals surface area contributed by atoms with Crippen LogP contribution >= 0.6 is 0 Å². The molecular formula is C11H17N3O4. The lowest BCUT2D eigenvalue weighted by molar-refractivity contribution is 0.0690. The highest BCUT2D eigenvalue weighted by Crippen LogP contribution is 2.17. The summed E-state index contributed by atoms with van der Waals surface area (Å²) in [5, 5.41) is 29.7. The quantitative estimate of drug-likeness (QED) is 0.568. The number of hydrogen-bond acceptors (Lipinski definition) is 6. The van der Waals surface area contributed by atoms with Crippen LogP contribution in [0.2, 0.25) is 0 Å². The first-order valence-electron chi connectivity index (χ1n) is 5.58. The molecule has 0 atom stereocenters. The van der Waals surface area contributed by atoms with Crippen molar-refractivity contribution in [2.75, 3.05) is 18.5 Å². The van der Waals surface area contributed by atoms with Crippen LogP contribution in [0.3, 0.4) is 0 Å². The number of carboxylic acids is 1. The highest BCUT2D eigenvalue weighted by atomic mass is 16.4. The van der Waals surface area contributed by atoms with Crippen LogP contribution in [0.25, 0.3) is 0 Å². The minimum absolute atomic E-state index is 0.0173. The normalized spacial score (nSPS) is 11.0. The average Bonchev–Trinajstić information content (AvgIpc) is 2.35. The maximum atomic E-state index is 11.1. The van der Waals surface area contributed by atoms with Gasteiger partial charge in [-0.25, -0.2) is 14.8 Å². The third-order valence-corrected chi connectivity index (χ3v) is 2.33. The van der Waals surface area contributed by atoms with Gasteiger partial charge >= 0.3 is 5.97 Å². The Hall–Kier alpha value is -1.73. The van der Waals surface area contributed by atoms with Gasteiger partial charge in [-0.15, -0.1) is 0 Å². The molecule has 1 aromatic rings. The van der Waals surface area contributed by atoms with Crippen LogP contribution in [0.1, 0.15) is 36.1 Å². The van der Waals surface area contributed by atoms with Gasteiger partial charge in [-0.2, -0.15) is 0 Å². The van der Waals surface area contributed by atoms with E-state index in [1.165, 1.54) is 6.20 Å². The zero-order valence-electron chi connectivity index (χ0n) is 10.3. The number of nitrogens with zero attached hydrogens (tertiary/aromatic N) is 2. The van der Waals surface area contributed by atoms with Crippen LogP contribution in [-0.2, 0) is 0 Å². The van der Waals surface area contributed by atoms with Crippen molar-refractivity contribution in [3.05, 3.63) is 17.7 Å². The Labute approximate surface area is 105 Å². The molecule has 0 aromatic carbocycles. The highest BCUT2D eigenvalue weighted by Gasteiger charge is 2.17. The second-order valence-electron chi connectivity index (χ2n) is 4.16. The number of nitrogens with one attached hydrogen (secondary N) is 1. The molecule has 0 radical (unpaired) electrons. The van der Waals surface area contributed by atoms with E-state index in [1.807, 2.05) is 13.8 Å². The fourth-order valence-electron chi connectivity index (χ4n) is 1.31. The summed E-state index contributed by atoms with van der Waals surface area (Å²) in [5.74, 6) is -0.734. The number of anilines is 1. The van der Waals surface area contributed by atoms with E-state index in [2.05, 4.69) is 15.3 Å². The van der Waals surface area contributed by atoms with E-state index >= 15 is 0 Å². The summed E-state index contributed by atoms with van der Waals surface area (Å²) in [4.78, 5) is 19.1. The number of aliphatic hydroxyl groups excluding tert-OH is 2. The highest BCUT2D eigenvalue weighted by molar-refractivity contribution is 5.91. The van der Waals surface area contributed by atoms with Crippen LogP contribution in [0, 0.1) is 0 Å². The van der Waals surface area contributed by atoms with Gasteiger partial charge < -0.3 is 20.6 Å². The van der Waals surface area contributed by atoms with Crippen molar-refractivity contribution < 1.29 is 20.1 Å². The fourth-order valence-corrected chi connectivity index (χ4v) is 1.31. The standard InChI is InChI=1S/C11H17N3O4/c1-6(2)10-12-3-8(9(14-10)11(17)18)13-7(4-15)5-16/h3,6-7,13,15-16H,4-5H2,1-2H3,(H,17,18). The number of rotatable bonds is 6. The summed E-state index contributed by atoms with van der Waals surface area (Å²) < 4.78 is 0. The van der Waals surface area contributed by atoms with Gasteiger partial charge in [0.2, 0.25) is 0 Å². The molecule has 0 aliphatic rings. The molecule has 1 heterocycles. The molecule has 0 amide bonds. The molecule has 7 heteroatoms. The molecule has 0 aliphatic carbocycles. The second kappa shape index (κ2) is 6.27. The van der Waals surface area contributed by atoms with Gasteiger partial charge in [0.25, 0.3) is 0 Å². The molecule has 18 heavy (non-hydrogen) atoms. The number of hydrogen-bond donors (Lipinski definition) is 4. The minimum atomic E-state index is -1.18. The average molecular weight is 255 g/mol. The first-order valence-corrected chi connectivity index (χ1v) is 5.58. The molecule has 1 rings (SSSR count). The van der Waals surface area contributed by atoms with Crippen LogP contribution in [-0.4, -0.2) is 50.5 Å². The Balaban J connectivity index is 3.07. The zero-order chi connectivity index (χ0) is 13.7. The predicted molar refractivity (Wildman–Crippen MR) is 64.7 cm³/mol. The van der Waals surface area contributed by atoms with Crippen molar-refractivity contribution in [1.29, 1.82) is 0 Å². The van der Waals surface area contributed by atoms with Gasteiger partial charge in [-0.3, -0.25) is 0 Å². The molecule has 0 fully saturated rings. The zero-order valence-corrected chi connectivity index (χ0v) is 10.3. The maximum absolute atomic E-state index is 11.1. The number of aromatic nitrogens is 2. The van der Waals surface area contributed by atoms with Crippen LogP contribution in [0.4, 0.5) is 5.69 Å². The summed E-state index contributed by atoms with van der Waals surface area (Å²) >= 11 is 0. The number of carboxylic acid groups (broad SMARTS) is 1. The molecule has 0 aliphatic heterocycles. The van der Waals surface area contributed by atoms with Crippen molar-refractivity contribution in [2.24, 2.45) is 0 Å². The molecule has 0 spiro atoms. The van der Waals surface area contributed by atoms with E-state index in [0.29, 0.717) is 5.82 Å². The van der Waals surface area contributed by atoms with E-state index in [4.69, 9.17) is 15.3 Å². The van der Waals surface area contributed by atoms with Crippen LogP contribution in [0.5, 0.6) is 0 Å². The van der Waals surface area contributed by atoms with Gasteiger partial charge in [-0.1, -0.05) is 13.8 Å². The van der Waals surface area contributed by atoms with Gasteiger partial charge in [-0.05, 0) is 0 Å². The van der Waals surface area contributed by atoms with Crippen molar-refractivity contribution in [3.63, 3.8) is 0 Å². The first-order chi connectivity index (χ1) is 8.49. The Morgan fingerprint density at radius 1 is 1.39 bits per heavy atom. The summed E-state index contributed by atoms with van der Waals surface area (Å²) in [6, 6.07) is -0.642. The summed E-state index contributed by atoms with van der Waals surface area (Å²) in [6.07, 6.45) is 1.35. The number of aromatic carboxylic acids is 1. The molecule has 1 aromatic heterocycles. The van der Waals surface area contributed by atoms with E-state index in [9.17, 15) is 4.79 Å². The Morgan fingerprint density at radius 3 is 2.44 bits per heavy atom. The Bertz CT molecular complexity index is 419. The van der Waals surface area contributed by atoms with E-state index in [1.54, 1.807) is 0 Å². The molecule has 7 nitrogen and oxygen atoms in total. The smallest absolute Gasteiger partial charge is 0.356 e. The Kier molecular flexibility index (Phi) is 4.99. The lowest BCUT2D eigenvalue weighted by Crippen LogP contribution is -2.29. The maximum Gasteiger partial charge on any atom is 0.356 e. The van der Waals surface area contributed by atoms with E-state index in [-0.39, 0.29) is 30.5 Å². The van der Waals surface area contributed by atoms with Crippen LogP contribution < -0.4 is 5.32 Å². The first kappa shape index (κ1) is 14.3. The van der Waals surface area contributed by atoms with E-state index < -0.39 is 12.0 Å². The third kappa shape index (κ3) is 3.38. The van der Waals surface area contributed by atoms with Gasteiger partial charge in [0.15, 0.2) is 5.69 Å². The van der Waals surface area contributed by atoms with Gasteiger partial charge in [0, 0.05) is 5.92 Å². The third-order valence-electron chi connectivity index (χ3n) is 2.33. The molecular weight excluding hydrogens is 238 g/mol. The summed E-state index contributed by atoms with van der Waals surface area (Å²) in [6.45, 7) is 3.08. The monoisotopic (exact) mass is 255 g/mol. The molecule has 0 saturated heterocycles. The molecule has 0 bridgehead atoms. The second-order valence-corrected chi connectivity index (χ2v) is 4.16. The number of aliphatic hydroxyl groups is 2. The summed E-state index contributed by atoms with van der Waals surface area (Å²) in [7, 11) is 0. The molecule has 0 unspecified atom stereocenters.